The molecule has 4 unspecified atom stereocenters. The summed E-state index contributed by atoms with van der Waals surface area (Å²) in [5, 5.41) is 6.70. The van der Waals surface area contributed by atoms with Crippen molar-refractivity contribution in [2.24, 2.45) is 5.92 Å². The SMILES string of the molecule is CC(CC1CCCCN1)N1CCCC2C(=O)NCC21. The van der Waals surface area contributed by atoms with Gasteiger partial charge in [-0.15, -0.1) is 0 Å². The second-order valence-corrected chi connectivity index (χ2v) is 6.53. The van der Waals surface area contributed by atoms with Crippen molar-refractivity contribution in [2.45, 2.75) is 63.6 Å². The van der Waals surface area contributed by atoms with E-state index in [0.29, 0.717) is 18.1 Å². The number of likely N-dealkylation sites (tertiary alicyclic amines) is 1. The molecule has 2 N–H and O–H groups in total. The number of amides is 1. The monoisotopic (exact) mass is 265 g/mol. The summed E-state index contributed by atoms with van der Waals surface area (Å²) in [5.41, 5.74) is 0. The van der Waals surface area contributed by atoms with Crippen molar-refractivity contribution in [3.63, 3.8) is 0 Å². The van der Waals surface area contributed by atoms with Gasteiger partial charge in [-0.25, -0.2) is 0 Å². The molecule has 108 valence electrons. The molecule has 0 spiro atoms. The summed E-state index contributed by atoms with van der Waals surface area (Å²) in [6.07, 6.45) is 7.52. The van der Waals surface area contributed by atoms with Crippen LogP contribution >= 0.6 is 0 Å². The van der Waals surface area contributed by atoms with Crippen LogP contribution in [0.15, 0.2) is 0 Å². The van der Waals surface area contributed by atoms with Crippen LogP contribution in [-0.2, 0) is 4.79 Å². The van der Waals surface area contributed by atoms with E-state index in [0.717, 1.165) is 13.0 Å². The Labute approximate surface area is 116 Å². The van der Waals surface area contributed by atoms with E-state index in [2.05, 4.69) is 22.5 Å². The van der Waals surface area contributed by atoms with Crippen molar-refractivity contribution in [1.82, 2.24) is 15.5 Å². The van der Waals surface area contributed by atoms with E-state index in [4.69, 9.17) is 0 Å². The van der Waals surface area contributed by atoms with Crippen LogP contribution in [0.1, 0.15) is 45.4 Å². The van der Waals surface area contributed by atoms with Gasteiger partial charge in [0.15, 0.2) is 0 Å². The van der Waals surface area contributed by atoms with Crippen LogP contribution in [0.4, 0.5) is 0 Å². The third-order valence-corrected chi connectivity index (χ3v) is 5.25. The molecule has 4 heteroatoms. The first kappa shape index (κ1) is 13.4. The van der Waals surface area contributed by atoms with Gasteiger partial charge in [0.2, 0.25) is 5.91 Å². The lowest BCUT2D eigenvalue weighted by atomic mass is 9.88. The minimum Gasteiger partial charge on any atom is -0.354 e. The lowest BCUT2D eigenvalue weighted by molar-refractivity contribution is -0.124. The molecule has 0 aromatic heterocycles. The Balaban J connectivity index is 1.59. The van der Waals surface area contributed by atoms with Gasteiger partial charge in [-0.05, 0) is 52.1 Å². The summed E-state index contributed by atoms with van der Waals surface area (Å²) in [5.74, 6) is 0.549. The highest BCUT2D eigenvalue weighted by Gasteiger charge is 2.42. The zero-order chi connectivity index (χ0) is 13.2. The van der Waals surface area contributed by atoms with E-state index >= 15 is 0 Å². The summed E-state index contributed by atoms with van der Waals surface area (Å²) in [4.78, 5) is 14.4. The summed E-state index contributed by atoms with van der Waals surface area (Å²) in [6, 6.07) is 1.74. The topological polar surface area (TPSA) is 44.4 Å². The molecule has 0 bridgehead atoms. The Morgan fingerprint density at radius 3 is 3.00 bits per heavy atom. The number of nitrogens with zero attached hydrogens (tertiary/aromatic N) is 1. The normalized spacial score (nSPS) is 37.7. The largest absolute Gasteiger partial charge is 0.354 e. The summed E-state index contributed by atoms with van der Waals surface area (Å²) in [7, 11) is 0. The first-order valence-corrected chi connectivity index (χ1v) is 8.02. The van der Waals surface area contributed by atoms with Gasteiger partial charge in [-0.3, -0.25) is 9.69 Å². The molecule has 4 nitrogen and oxygen atoms in total. The maximum atomic E-state index is 11.8. The molecule has 3 aliphatic rings. The molecule has 0 aliphatic carbocycles. The van der Waals surface area contributed by atoms with Gasteiger partial charge in [-0.1, -0.05) is 6.42 Å². The Bertz CT molecular complexity index is 327. The summed E-state index contributed by atoms with van der Waals surface area (Å²) in [6.45, 7) is 5.57. The number of piperidine rings is 2. The zero-order valence-electron chi connectivity index (χ0n) is 12.0. The molecule has 3 fully saturated rings. The quantitative estimate of drug-likeness (QED) is 0.804. The molecule has 4 atom stereocenters. The first-order valence-electron chi connectivity index (χ1n) is 8.02. The highest BCUT2D eigenvalue weighted by atomic mass is 16.2. The smallest absolute Gasteiger partial charge is 0.224 e. The average molecular weight is 265 g/mol. The molecule has 0 aromatic rings. The molecule has 0 radical (unpaired) electrons. The van der Waals surface area contributed by atoms with Crippen molar-refractivity contribution in [2.75, 3.05) is 19.6 Å². The molecule has 0 aromatic carbocycles. The predicted molar refractivity (Wildman–Crippen MR) is 75.9 cm³/mol. The van der Waals surface area contributed by atoms with E-state index < -0.39 is 0 Å². The number of rotatable bonds is 3. The van der Waals surface area contributed by atoms with E-state index in [-0.39, 0.29) is 11.8 Å². The maximum Gasteiger partial charge on any atom is 0.224 e. The Hall–Kier alpha value is -0.610. The van der Waals surface area contributed by atoms with Crippen molar-refractivity contribution < 1.29 is 4.79 Å². The van der Waals surface area contributed by atoms with Gasteiger partial charge in [0, 0.05) is 24.7 Å². The fraction of sp³-hybridized carbons (Fsp3) is 0.933. The maximum absolute atomic E-state index is 11.8. The first-order chi connectivity index (χ1) is 9.25. The number of carbonyl (C=O) groups is 1. The van der Waals surface area contributed by atoms with Gasteiger partial charge < -0.3 is 10.6 Å². The lowest BCUT2D eigenvalue weighted by Gasteiger charge is -2.41. The molecule has 3 rings (SSSR count). The molecule has 19 heavy (non-hydrogen) atoms. The van der Waals surface area contributed by atoms with Crippen LogP contribution in [0.25, 0.3) is 0 Å². The van der Waals surface area contributed by atoms with Crippen LogP contribution in [0.3, 0.4) is 0 Å². The zero-order valence-corrected chi connectivity index (χ0v) is 12.0. The standard InChI is InChI=1S/C15H27N3O/c1-11(9-12-5-2-3-7-16-12)18-8-4-6-13-14(18)10-17-15(13)19/h11-14,16H,2-10H2,1H3,(H,17,19). The highest BCUT2D eigenvalue weighted by molar-refractivity contribution is 5.82. The molecule has 3 heterocycles. The van der Waals surface area contributed by atoms with Crippen molar-refractivity contribution in [3.05, 3.63) is 0 Å². The molecular weight excluding hydrogens is 238 g/mol. The molecule has 1 amide bonds. The van der Waals surface area contributed by atoms with E-state index in [1.54, 1.807) is 0 Å². The number of carbonyl (C=O) groups excluding carboxylic acids is 1. The number of fused-ring (bicyclic) bond motifs is 1. The molecule has 3 saturated heterocycles. The van der Waals surface area contributed by atoms with Crippen molar-refractivity contribution in [3.8, 4) is 0 Å². The highest BCUT2D eigenvalue weighted by Crippen LogP contribution is 2.30. The Morgan fingerprint density at radius 2 is 2.21 bits per heavy atom. The van der Waals surface area contributed by atoms with Crippen LogP contribution in [0.2, 0.25) is 0 Å². The van der Waals surface area contributed by atoms with Crippen LogP contribution in [0.5, 0.6) is 0 Å². The van der Waals surface area contributed by atoms with Gasteiger partial charge >= 0.3 is 0 Å². The van der Waals surface area contributed by atoms with E-state index in [9.17, 15) is 4.79 Å². The van der Waals surface area contributed by atoms with Gasteiger partial charge in [-0.2, -0.15) is 0 Å². The Morgan fingerprint density at radius 1 is 1.32 bits per heavy atom. The van der Waals surface area contributed by atoms with Crippen molar-refractivity contribution in [1.29, 1.82) is 0 Å². The van der Waals surface area contributed by atoms with Crippen molar-refractivity contribution >= 4 is 5.91 Å². The lowest BCUT2D eigenvalue weighted by Crippen LogP contribution is -2.51. The number of hydrogen-bond acceptors (Lipinski definition) is 3. The number of hydrogen-bond donors (Lipinski definition) is 2. The molecular formula is C15H27N3O. The number of nitrogens with one attached hydrogen (secondary N) is 2. The predicted octanol–water partition coefficient (Wildman–Crippen LogP) is 1.12. The van der Waals surface area contributed by atoms with Crippen LogP contribution in [0, 0.1) is 5.92 Å². The van der Waals surface area contributed by atoms with E-state index in [1.165, 1.54) is 45.2 Å². The summed E-state index contributed by atoms with van der Waals surface area (Å²) < 4.78 is 0. The van der Waals surface area contributed by atoms with Crippen LogP contribution in [-0.4, -0.2) is 48.6 Å². The fourth-order valence-corrected chi connectivity index (χ4v) is 4.20. The van der Waals surface area contributed by atoms with Gasteiger partial charge in [0.25, 0.3) is 0 Å². The minimum atomic E-state index is 0.260. The summed E-state index contributed by atoms with van der Waals surface area (Å²) >= 11 is 0. The van der Waals surface area contributed by atoms with Gasteiger partial charge in [0.05, 0.1) is 5.92 Å². The van der Waals surface area contributed by atoms with Gasteiger partial charge in [0.1, 0.15) is 0 Å². The Kier molecular flexibility index (Phi) is 4.08. The third-order valence-electron chi connectivity index (χ3n) is 5.25. The second-order valence-electron chi connectivity index (χ2n) is 6.53. The molecule has 3 aliphatic heterocycles. The fourth-order valence-electron chi connectivity index (χ4n) is 4.20. The van der Waals surface area contributed by atoms with E-state index in [1.807, 2.05) is 0 Å². The average Bonchev–Trinajstić information content (AvgIpc) is 2.82. The minimum absolute atomic E-state index is 0.260. The second kappa shape index (κ2) is 5.80. The van der Waals surface area contributed by atoms with Crippen LogP contribution < -0.4 is 10.6 Å². The molecule has 0 saturated carbocycles. The third kappa shape index (κ3) is 2.79.